The molecule has 3 rings (SSSR count). The summed E-state index contributed by atoms with van der Waals surface area (Å²) in [5, 5.41) is 0. The number of aryl methyl sites for hydroxylation is 1. The fraction of sp³-hybridized carbons (Fsp3) is 0.375. The summed E-state index contributed by atoms with van der Waals surface area (Å²) in [5.74, 6) is -0.235. The van der Waals surface area contributed by atoms with Gasteiger partial charge in [0.15, 0.2) is 0 Å². The van der Waals surface area contributed by atoms with Crippen LogP contribution in [-0.4, -0.2) is 38.3 Å². The van der Waals surface area contributed by atoms with Gasteiger partial charge in [-0.1, -0.05) is 0 Å². The molecule has 0 saturated carbocycles. The Morgan fingerprint density at radius 3 is 2.67 bits per heavy atom. The minimum absolute atomic E-state index is 0.174. The molecule has 0 atom stereocenters. The van der Waals surface area contributed by atoms with E-state index >= 15 is 0 Å². The maximum Gasteiger partial charge on any atom is 0.338 e. The third kappa shape index (κ3) is 3.59. The van der Waals surface area contributed by atoms with Crippen LogP contribution in [0.4, 0.5) is 5.69 Å². The number of anilines is 1. The molecular formula is C16H18N2O4S2. The summed E-state index contributed by atoms with van der Waals surface area (Å²) < 4.78 is 30.4. The monoisotopic (exact) mass is 366 g/mol. The molecule has 0 radical (unpaired) electrons. The van der Waals surface area contributed by atoms with Crippen molar-refractivity contribution in [1.29, 1.82) is 0 Å². The lowest BCUT2D eigenvalue weighted by atomic mass is 10.2. The Balaban J connectivity index is 1.59. The quantitative estimate of drug-likeness (QED) is 0.760. The summed E-state index contributed by atoms with van der Waals surface area (Å²) in [6.45, 7) is 2.71. The molecule has 0 unspecified atom stereocenters. The van der Waals surface area contributed by atoms with Crippen molar-refractivity contribution in [3.8, 4) is 0 Å². The van der Waals surface area contributed by atoms with Crippen molar-refractivity contribution in [2.45, 2.75) is 19.8 Å². The molecule has 1 aromatic heterocycles. The van der Waals surface area contributed by atoms with E-state index in [1.54, 1.807) is 41.1 Å². The summed E-state index contributed by atoms with van der Waals surface area (Å²) >= 11 is 1.55. The first-order valence-electron chi connectivity index (χ1n) is 7.64. The van der Waals surface area contributed by atoms with Crippen LogP contribution in [0, 0.1) is 6.92 Å². The Hall–Kier alpha value is -1.93. The molecule has 24 heavy (non-hydrogen) atoms. The van der Waals surface area contributed by atoms with Gasteiger partial charge >= 0.3 is 5.97 Å². The SMILES string of the molecule is Cc1ncsc1CCOC(=O)c1ccc(N2CCCS2(=O)=O)cc1. The zero-order valence-electron chi connectivity index (χ0n) is 13.3. The van der Waals surface area contributed by atoms with Crippen molar-refractivity contribution >= 4 is 33.0 Å². The van der Waals surface area contributed by atoms with Crippen LogP contribution in [-0.2, 0) is 21.2 Å². The Labute approximate surface area is 145 Å². The van der Waals surface area contributed by atoms with E-state index in [1.807, 2.05) is 6.92 Å². The lowest BCUT2D eigenvalue weighted by Gasteiger charge is -2.16. The average molecular weight is 366 g/mol. The number of esters is 1. The van der Waals surface area contributed by atoms with Gasteiger partial charge in [0.25, 0.3) is 0 Å². The van der Waals surface area contributed by atoms with Gasteiger partial charge in [0.05, 0.1) is 34.8 Å². The Bertz CT molecular complexity index is 828. The molecule has 1 fully saturated rings. The topological polar surface area (TPSA) is 76.6 Å². The van der Waals surface area contributed by atoms with Crippen LogP contribution in [0.15, 0.2) is 29.8 Å². The molecule has 0 bridgehead atoms. The molecule has 6 nitrogen and oxygen atoms in total. The second kappa shape index (κ2) is 6.90. The number of rotatable bonds is 5. The predicted molar refractivity (Wildman–Crippen MR) is 93.0 cm³/mol. The molecule has 8 heteroatoms. The van der Waals surface area contributed by atoms with E-state index in [0.29, 0.717) is 37.2 Å². The normalized spacial score (nSPS) is 16.3. The fourth-order valence-corrected chi connectivity index (χ4v) is 4.91. The molecule has 2 heterocycles. The zero-order chi connectivity index (χ0) is 17.2. The van der Waals surface area contributed by atoms with Crippen LogP contribution in [0.2, 0.25) is 0 Å². The first kappa shape index (κ1) is 16.9. The van der Waals surface area contributed by atoms with Gasteiger partial charge in [0.1, 0.15) is 0 Å². The number of carbonyl (C=O) groups excluding carboxylic acids is 1. The lowest BCUT2D eigenvalue weighted by Crippen LogP contribution is -2.25. The van der Waals surface area contributed by atoms with Crippen molar-refractivity contribution in [3.05, 3.63) is 45.9 Å². The van der Waals surface area contributed by atoms with Gasteiger partial charge in [0.2, 0.25) is 10.0 Å². The Kier molecular flexibility index (Phi) is 4.86. The number of sulfonamides is 1. The van der Waals surface area contributed by atoms with Gasteiger partial charge < -0.3 is 4.74 Å². The molecule has 1 aliphatic heterocycles. The summed E-state index contributed by atoms with van der Waals surface area (Å²) in [5.41, 5.74) is 3.74. The van der Waals surface area contributed by atoms with E-state index in [2.05, 4.69) is 4.98 Å². The molecule has 128 valence electrons. The number of ether oxygens (including phenoxy) is 1. The van der Waals surface area contributed by atoms with Crippen molar-refractivity contribution in [1.82, 2.24) is 4.98 Å². The highest BCUT2D eigenvalue weighted by Gasteiger charge is 2.28. The minimum Gasteiger partial charge on any atom is -0.462 e. The number of carbonyl (C=O) groups is 1. The van der Waals surface area contributed by atoms with Crippen LogP contribution in [0.3, 0.4) is 0 Å². The molecule has 0 N–H and O–H groups in total. The highest BCUT2D eigenvalue weighted by Crippen LogP contribution is 2.24. The van der Waals surface area contributed by atoms with Crippen LogP contribution < -0.4 is 4.31 Å². The van der Waals surface area contributed by atoms with Crippen molar-refractivity contribution in [3.63, 3.8) is 0 Å². The summed E-state index contributed by atoms with van der Waals surface area (Å²) in [4.78, 5) is 17.3. The number of aromatic nitrogens is 1. The van der Waals surface area contributed by atoms with Crippen molar-refractivity contribution in [2.24, 2.45) is 0 Å². The van der Waals surface area contributed by atoms with Gasteiger partial charge in [-0.2, -0.15) is 0 Å². The molecule has 0 aliphatic carbocycles. The molecular weight excluding hydrogens is 348 g/mol. The van der Waals surface area contributed by atoms with E-state index in [-0.39, 0.29) is 5.75 Å². The van der Waals surface area contributed by atoms with E-state index in [9.17, 15) is 13.2 Å². The van der Waals surface area contributed by atoms with E-state index in [4.69, 9.17) is 4.74 Å². The number of hydrogen-bond acceptors (Lipinski definition) is 6. The summed E-state index contributed by atoms with van der Waals surface area (Å²) in [6.07, 6.45) is 1.27. The van der Waals surface area contributed by atoms with E-state index in [0.717, 1.165) is 10.6 Å². The first-order valence-corrected chi connectivity index (χ1v) is 10.1. The van der Waals surface area contributed by atoms with Crippen molar-refractivity contribution < 1.29 is 17.9 Å². The number of benzene rings is 1. The first-order chi connectivity index (χ1) is 11.5. The summed E-state index contributed by atoms with van der Waals surface area (Å²) in [6, 6.07) is 6.49. The van der Waals surface area contributed by atoms with Gasteiger partial charge in [0, 0.05) is 17.8 Å². The zero-order valence-corrected chi connectivity index (χ0v) is 14.9. The largest absolute Gasteiger partial charge is 0.462 e. The lowest BCUT2D eigenvalue weighted by molar-refractivity contribution is 0.0510. The smallest absolute Gasteiger partial charge is 0.338 e. The van der Waals surface area contributed by atoms with E-state index < -0.39 is 16.0 Å². The highest BCUT2D eigenvalue weighted by atomic mass is 32.2. The third-order valence-corrected chi connectivity index (χ3v) is 6.76. The second-order valence-electron chi connectivity index (χ2n) is 5.54. The van der Waals surface area contributed by atoms with Gasteiger partial charge in [-0.05, 0) is 37.6 Å². The standard InChI is InChI=1S/C16H18N2O4S2/c1-12-15(23-11-17-12)7-9-22-16(19)13-3-5-14(6-4-13)18-8-2-10-24(18,20)21/h3-6,11H,2,7-10H2,1H3. The van der Waals surface area contributed by atoms with Gasteiger partial charge in [-0.25, -0.2) is 18.2 Å². The average Bonchev–Trinajstić information content (AvgIpc) is 3.12. The molecule has 2 aromatic rings. The number of hydrogen-bond donors (Lipinski definition) is 0. The maximum absolute atomic E-state index is 12.1. The molecule has 1 aliphatic rings. The van der Waals surface area contributed by atoms with Crippen LogP contribution >= 0.6 is 11.3 Å². The summed E-state index contributed by atoms with van der Waals surface area (Å²) in [7, 11) is -3.20. The Morgan fingerprint density at radius 2 is 2.08 bits per heavy atom. The van der Waals surface area contributed by atoms with E-state index in [1.165, 1.54) is 4.31 Å². The fourth-order valence-electron chi connectivity index (χ4n) is 2.58. The van der Waals surface area contributed by atoms with Crippen LogP contribution in [0.1, 0.15) is 27.3 Å². The predicted octanol–water partition coefficient (Wildman–Crippen LogP) is 2.39. The minimum atomic E-state index is -3.20. The molecule has 0 amide bonds. The van der Waals surface area contributed by atoms with Crippen LogP contribution in [0.25, 0.3) is 0 Å². The van der Waals surface area contributed by atoms with Gasteiger partial charge in [-0.3, -0.25) is 4.31 Å². The Morgan fingerprint density at radius 1 is 1.33 bits per heavy atom. The number of thiazole rings is 1. The molecule has 1 aromatic carbocycles. The molecule has 1 saturated heterocycles. The van der Waals surface area contributed by atoms with Gasteiger partial charge in [-0.15, -0.1) is 11.3 Å². The highest BCUT2D eigenvalue weighted by molar-refractivity contribution is 7.93. The maximum atomic E-state index is 12.1. The van der Waals surface area contributed by atoms with Crippen LogP contribution in [0.5, 0.6) is 0 Å². The van der Waals surface area contributed by atoms with Crippen molar-refractivity contribution in [2.75, 3.05) is 23.2 Å². The second-order valence-corrected chi connectivity index (χ2v) is 8.49. The third-order valence-electron chi connectivity index (χ3n) is 3.90. The number of nitrogens with zero attached hydrogens (tertiary/aromatic N) is 2. The molecule has 0 spiro atoms.